The minimum absolute atomic E-state index is 0.0633. The Kier molecular flexibility index (Phi) is 7.83. The van der Waals surface area contributed by atoms with Gasteiger partial charge in [0, 0.05) is 13.0 Å². The number of nitrogens with one attached hydrogen (secondary N) is 2. The van der Waals surface area contributed by atoms with Crippen molar-refractivity contribution in [3.63, 3.8) is 0 Å². The van der Waals surface area contributed by atoms with Gasteiger partial charge >= 0.3 is 12.1 Å². The summed E-state index contributed by atoms with van der Waals surface area (Å²) in [5.74, 6) is -1.39. The van der Waals surface area contributed by atoms with E-state index < -0.39 is 24.0 Å². The highest BCUT2D eigenvalue weighted by atomic mass is 35.5. The average molecular weight is 405 g/mol. The summed E-state index contributed by atoms with van der Waals surface area (Å²) in [6.07, 6.45) is 0.309. The van der Waals surface area contributed by atoms with Crippen LogP contribution in [0.4, 0.5) is 4.79 Å². The van der Waals surface area contributed by atoms with Gasteiger partial charge in [-0.15, -0.1) is 0 Å². The number of rotatable bonds is 8. The molecular weight excluding hydrogens is 384 g/mol. The molecule has 0 aliphatic carbocycles. The summed E-state index contributed by atoms with van der Waals surface area (Å²) in [5, 5.41) is 14.7. The first-order chi connectivity index (χ1) is 13.4. The third-order valence-electron chi connectivity index (χ3n) is 3.81. The third-order valence-corrected chi connectivity index (χ3v) is 4.14. The summed E-state index contributed by atoms with van der Waals surface area (Å²) in [6.45, 7) is 2.45. The first-order valence-corrected chi connectivity index (χ1v) is 9.11. The van der Waals surface area contributed by atoms with Crippen molar-refractivity contribution in [3.05, 3.63) is 64.7 Å². The van der Waals surface area contributed by atoms with Gasteiger partial charge in [0.15, 0.2) is 0 Å². The normalized spacial score (nSPS) is 11.4. The van der Waals surface area contributed by atoms with Gasteiger partial charge < -0.3 is 20.5 Å². The van der Waals surface area contributed by atoms with Gasteiger partial charge in [-0.1, -0.05) is 42.8 Å². The number of carbonyl (C=O) groups is 3. The molecule has 0 spiro atoms. The number of hydrogen-bond acceptors (Lipinski definition) is 4. The van der Waals surface area contributed by atoms with Crippen molar-refractivity contribution in [3.8, 4) is 5.75 Å². The molecule has 7 nitrogen and oxygen atoms in total. The fourth-order valence-corrected chi connectivity index (χ4v) is 2.60. The van der Waals surface area contributed by atoms with E-state index in [-0.39, 0.29) is 17.0 Å². The third kappa shape index (κ3) is 6.28. The summed E-state index contributed by atoms with van der Waals surface area (Å²) in [4.78, 5) is 35.4. The van der Waals surface area contributed by atoms with Crippen LogP contribution in [0.3, 0.4) is 0 Å². The lowest BCUT2D eigenvalue weighted by molar-refractivity contribution is -0.139. The lowest BCUT2D eigenvalue weighted by Crippen LogP contribution is -2.42. The molecule has 8 heteroatoms. The Bertz CT molecular complexity index is 839. The highest BCUT2D eigenvalue weighted by Gasteiger charge is 2.22. The van der Waals surface area contributed by atoms with Crippen molar-refractivity contribution in [2.75, 3.05) is 6.54 Å². The summed E-state index contributed by atoms with van der Waals surface area (Å²) in [5.41, 5.74) is 0.866. The van der Waals surface area contributed by atoms with E-state index in [0.29, 0.717) is 17.9 Å². The predicted molar refractivity (Wildman–Crippen MR) is 105 cm³/mol. The maximum atomic E-state index is 12.3. The fraction of sp³-hybridized carbons (Fsp3) is 0.250. The number of amides is 2. The van der Waals surface area contributed by atoms with Crippen molar-refractivity contribution < 1.29 is 24.2 Å². The van der Waals surface area contributed by atoms with E-state index in [1.165, 1.54) is 6.07 Å². The molecule has 3 N–H and O–H groups in total. The van der Waals surface area contributed by atoms with Crippen molar-refractivity contribution >= 4 is 29.6 Å². The number of carboxylic acids is 1. The van der Waals surface area contributed by atoms with Crippen molar-refractivity contribution in [2.45, 2.75) is 25.8 Å². The quantitative estimate of drug-likeness (QED) is 0.626. The molecule has 28 heavy (non-hydrogen) atoms. The lowest BCUT2D eigenvalue weighted by atomic mass is 10.1. The molecule has 0 bridgehead atoms. The van der Waals surface area contributed by atoms with Crippen molar-refractivity contribution in [1.82, 2.24) is 10.6 Å². The largest absolute Gasteiger partial charge is 0.480 e. The Morgan fingerprint density at radius 3 is 2.39 bits per heavy atom. The molecule has 0 radical (unpaired) electrons. The Morgan fingerprint density at radius 1 is 1.11 bits per heavy atom. The van der Waals surface area contributed by atoms with E-state index in [1.807, 2.05) is 6.92 Å². The molecule has 0 saturated heterocycles. The van der Waals surface area contributed by atoms with E-state index in [9.17, 15) is 19.5 Å². The van der Waals surface area contributed by atoms with Crippen LogP contribution in [0.2, 0.25) is 5.02 Å². The molecule has 0 unspecified atom stereocenters. The van der Waals surface area contributed by atoms with E-state index >= 15 is 0 Å². The van der Waals surface area contributed by atoms with Crippen LogP contribution in [-0.4, -0.2) is 35.7 Å². The number of ether oxygens (including phenoxy) is 1. The smallest absolute Gasteiger partial charge is 0.412 e. The lowest BCUT2D eigenvalue weighted by Gasteiger charge is -2.15. The zero-order valence-electron chi connectivity index (χ0n) is 15.3. The van der Waals surface area contributed by atoms with Crippen LogP contribution < -0.4 is 15.4 Å². The van der Waals surface area contributed by atoms with Gasteiger partial charge in [-0.05, 0) is 36.2 Å². The standard InChI is InChI=1S/C20H21ClN2O5/c1-2-11-22-20(27)28-14-9-7-13(8-10-14)12-17(19(25)26)23-18(24)15-5-3-4-6-16(15)21/h3-10,17H,2,11-12H2,1H3,(H,22,27)(H,23,24)(H,25,26)/t17-/m0/s1. The van der Waals surface area contributed by atoms with Crippen molar-refractivity contribution in [1.29, 1.82) is 0 Å². The second-order valence-electron chi connectivity index (χ2n) is 6.01. The van der Waals surface area contributed by atoms with Crippen LogP contribution in [0.5, 0.6) is 5.75 Å². The maximum absolute atomic E-state index is 12.3. The number of benzene rings is 2. The molecule has 0 saturated carbocycles. The number of halogens is 1. The molecule has 0 aliphatic heterocycles. The zero-order chi connectivity index (χ0) is 20.5. The summed E-state index contributed by atoms with van der Waals surface area (Å²) < 4.78 is 5.11. The van der Waals surface area contributed by atoms with Crippen LogP contribution in [-0.2, 0) is 11.2 Å². The van der Waals surface area contributed by atoms with Crippen molar-refractivity contribution in [2.24, 2.45) is 0 Å². The number of aliphatic carboxylic acids is 1. The number of hydrogen-bond donors (Lipinski definition) is 3. The van der Waals surface area contributed by atoms with Gasteiger partial charge in [0.2, 0.25) is 0 Å². The summed E-state index contributed by atoms with van der Waals surface area (Å²) in [7, 11) is 0. The average Bonchev–Trinajstić information content (AvgIpc) is 2.67. The molecule has 0 aromatic heterocycles. The SMILES string of the molecule is CCCNC(=O)Oc1ccc(C[C@H](NC(=O)c2ccccc2Cl)C(=O)O)cc1. The maximum Gasteiger partial charge on any atom is 0.412 e. The highest BCUT2D eigenvalue weighted by molar-refractivity contribution is 6.33. The van der Waals surface area contributed by atoms with E-state index in [0.717, 1.165) is 6.42 Å². The minimum atomic E-state index is -1.17. The Morgan fingerprint density at radius 2 is 1.79 bits per heavy atom. The first-order valence-electron chi connectivity index (χ1n) is 8.73. The number of carbonyl (C=O) groups excluding carboxylic acids is 2. The Labute approximate surface area is 167 Å². The van der Waals surface area contributed by atoms with Gasteiger partial charge in [0.05, 0.1) is 10.6 Å². The molecule has 0 fully saturated rings. The van der Waals surface area contributed by atoms with Crippen LogP contribution in [0.1, 0.15) is 29.3 Å². The molecule has 2 rings (SSSR count). The highest BCUT2D eigenvalue weighted by Crippen LogP contribution is 2.16. The van der Waals surface area contributed by atoms with Gasteiger partial charge in [0.1, 0.15) is 11.8 Å². The molecule has 1 atom stereocenters. The van der Waals surface area contributed by atoms with Crippen LogP contribution in [0, 0.1) is 0 Å². The molecule has 0 heterocycles. The Balaban J connectivity index is 2.00. The van der Waals surface area contributed by atoms with Gasteiger partial charge in [0.25, 0.3) is 5.91 Å². The van der Waals surface area contributed by atoms with Crippen LogP contribution in [0.25, 0.3) is 0 Å². The molecule has 2 aromatic carbocycles. The topological polar surface area (TPSA) is 105 Å². The molecule has 2 amide bonds. The minimum Gasteiger partial charge on any atom is -0.480 e. The molecular formula is C20H21ClN2O5. The van der Waals surface area contributed by atoms with Gasteiger partial charge in [-0.2, -0.15) is 0 Å². The van der Waals surface area contributed by atoms with E-state index in [2.05, 4.69) is 10.6 Å². The van der Waals surface area contributed by atoms with Gasteiger partial charge in [-0.3, -0.25) is 4.79 Å². The molecule has 148 valence electrons. The monoisotopic (exact) mass is 404 g/mol. The fourth-order valence-electron chi connectivity index (χ4n) is 2.38. The first kappa shape index (κ1) is 21.2. The van der Waals surface area contributed by atoms with E-state index in [1.54, 1.807) is 42.5 Å². The molecule has 0 aliphatic rings. The second kappa shape index (κ2) is 10.3. The van der Waals surface area contributed by atoms with Gasteiger partial charge in [-0.25, -0.2) is 9.59 Å². The zero-order valence-corrected chi connectivity index (χ0v) is 16.0. The predicted octanol–water partition coefficient (Wildman–Crippen LogP) is 3.26. The van der Waals surface area contributed by atoms with Crippen LogP contribution in [0.15, 0.2) is 48.5 Å². The number of carboxylic acid groups (broad SMARTS) is 1. The molecule has 2 aromatic rings. The second-order valence-corrected chi connectivity index (χ2v) is 6.42. The van der Waals surface area contributed by atoms with Crippen LogP contribution >= 0.6 is 11.6 Å². The Hall–Kier alpha value is -3.06. The van der Waals surface area contributed by atoms with E-state index in [4.69, 9.17) is 16.3 Å². The summed E-state index contributed by atoms with van der Waals surface area (Å²) in [6, 6.07) is 11.7. The summed E-state index contributed by atoms with van der Waals surface area (Å²) >= 11 is 5.98.